The van der Waals surface area contributed by atoms with Crippen LogP contribution in [-0.2, 0) is 11.3 Å². The maximum Gasteiger partial charge on any atom is 0.123 e. The van der Waals surface area contributed by atoms with E-state index in [0.29, 0.717) is 6.10 Å². The highest BCUT2D eigenvalue weighted by molar-refractivity contribution is 9.10. The molecule has 0 heterocycles. The Morgan fingerprint density at radius 1 is 1.33 bits per heavy atom. The average Bonchev–Trinajstić information content (AvgIpc) is 2.33. The van der Waals surface area contributed by atoms with Gasteiger partial charge in [-0.15, -0.1) is 0 Å². The lowest BCUT2D eigenvalue weighted by atomic mass is 10.2. The fraction of sp³-hybridized carbons (Fsp3) is 0.571. The number of nitrogens with one attached hydrogen (secondary N) is 1. The Balaban J connectivity index is 2.28. The van der Waals surface area contributed by atoms with Gasteiger partial charge in [0.05, 0.1) is 13.2 Å². The molecule has 0 aliphatic rings. The van der Waals surface area contributed by atoms with E-state index in [0.717, 1.165) is 41.9 Å². The molecule has 1 rings (SSSR count). The van der Waals surface area contributed by atoms with Gasteiger partial charge in [0.1, 0.15) is 5.75 Å². The Hall–Kier alpha value is -0.580. The molecule has 0 aliphatic heterocycles. The summed E-state index contributed by atoms with van der Waals surface area (Å²) in [6.45, 7) is 6.67. The van der Waals surface area contributed by atoms with E-state index in [2.05, 4.69) is 41.2 Å². The van der Waals surface area contributed by atoms with Crippen molar-refractivity contribution in [2.24, 2.45) is 0 Å². The van der Waals surface area contributed by atoms with Crippen molar-refractivity contribution >= 4 is 15.9 Å². The normalized spacial score (nSPS) is 10.9. The molecule has 0 amide bonds. The van der Waals surface area contributed by atoms with Gasteiger partial charge in [0.15, 0.2) is 0 Å². The lowest BCUT2D eigenvalue weighted by Gasteiger charge is -2.11. The topological polar surface area (TPSA) is 30.5 Å². The molecule has 102 valence electrons. The SMILES string of the molecule is COc1ccc(Br)cc1CNCCCOC(C)C. The van der Waals surface area contributed by atoms with E-state index in [1.54, 1.807) is 7.11 Å². The summed E-state index contributed by atoms with van der Waals surface area (Å²) in [5.74, 6) is 0.920. The Morgan fingerprint density at radius 2 is 2.11 bits per heavy atom. The number of methoxy groups -OCH3 is 1. The maximum absolute atomic E-state index is 5.49. The largest absolute Gasteiger partial charge is 0.496 e. The summed E-state index contributed by atoms with van der Waals surface area (Å²) in [6.07, 6.45) is 1.34. The van der Waals surface area contributed by atoms with E-state index in [1.807, 2.05) is 12.1 Å². The molecule has 0 atom stereocenters. The quantitative estimate of drug-likeness (QED) is 0.746. The van der Waals surface area contributed by atoms with Gasteiger partial charge in [0.2, 0.25) is 0 Å². The lowest BCUT2D eigenvalue weighted by Crippen LogP contribution is -2.17. The third-order valence-corrected chi connectivity index (χ3v) is 3.00. The summed E-state index contributed by atoms with van der Waals surface area (Å²) in [6, 6.07) is 6.04. The van der Waals surface area contributed by atoms with Gasteiger partial charge in [0.25, 0.3) is 0 Å². The number of ether oxygens (including phenoxy) is 2. The predicted octanol–water partition coefficient (Wildman–Crippen LogP) is 3.36. The van der Waals surface area contributed by atoms with Crippen molar-refractivity contribution < 1.29 is 9.47 Å². The Morgan fingerprint density at radius 3 is 2.78 bits per heavy atom. The minimum atomic E-state index is 0.315. The van der Waals surface area contributed by atoms with Crippen LogP contribution >= 0.6 is 15.9 Å². The number of benzene rings is 1. The second kappa shape index (κ2) is 8.51. The molecule has 0 unspecified atom stereocenters. The van der Waals surface area contributed by atoms with Crippen molar-refractivity contribution in [3.8, 4) is 5.75 Å². The van der Waals surface area contributed by atoms with Crippen LogP contribution in [0.25, 0.3) is 0 Å². The number of hydrogen-bond donors (Lipinski definition) is 1. The summed E-state index contributed by atoms with van der Waals surface area (Å²) in [7, 11) is 1.70. The highest BCUT2D eigenvalue weighted by Gasteiger charge is 2.03. The zero-order valence-electron chi connectivity index (χ0n) is 11.3. The Bertz CT molecular complexity index is 356. The van der Waals surface area contributed by atoms with Gasteiger partial charge >= 0.3 is 0 Å². The molecular formula is C14H22BrNO2. The van der Waals surface area contributed by atoms with Crippen molar-refractivity contribution in [1.29, 1.82) is 0 Å². The van der Waals surface area contributed by atoms with Crippen molar-refractivity contribution in [3.05, 3.63) is 28.2 Å². The van der Waals surface area contributed by atoms with Gasteiger partial charge in [-0.05, 0) is 45.0 Å². The van der Waals surface area contributed by atoms with Crippen LogP contribution in [0.2, 0.25) is 0 Å². The molecule has 0 fully saturated rings. The molecule has 3 nitrogen and oxygen atoms in total. The van der Waals surface area contributed by atoms with Crippen molar-refractivity contribution in [3.63, 3.8) is 0 Å². The van der Waals surface area contributed by atoms with E-state index in [4.69, 9.17) is 9.47 Å². The maximum atomic E-state index is 5.49. The van der Waals surface area contributed by atoms with Crippen LogP contribution in [0.3, 0.4) is 0 Å². The third kappa shape index (κ3) is 5.85. The standard InChI is InChI=1S/C14H22BrNO2/c1-11(2)18-8-4-7-16-10-12-9-13(15)5-6-14(12)17-3/h5-6,9,11,16H,4,7-8,10H2,1-3H3. The fourth-order valence-electron chi connectivity index (χ4n) is 1.62. The summed E-state index contributed by atoms with van der Waals surface area (Å²) < 4.78 is 11.9. The highest BCUT2D eigenvalue weighted by Crippen LogP contribution is 2.22. The van der Waals surface area contributed by atoms with Crippen molar-refractivity contribution in [2.75, 3.05) is 20.3 Å². The third-order valence-electron chi connectivity index (χ3n) is 2.51. The highest BCUT2D eigenvalue weighted by atomic mass is 79.9. The minimum Gasteiger partial charge on any atom is -0.496 e. The summed E-state index contributed by atoms with van der Waals surface area (Å²) >= 11 is 3.47. The molecule has 0 aromatic heterocycles. The first-order valence-electron chi connectivity index (χ1n) is 6.28. The molecule has 4 heteroatoms. The van der Waals surface area contributed by atoms with Gasteiger partial charge in [-0.1, -0.05) is 15.9 Å². The Labute approximate surface area is 118 Å². The van der Waals surface area contributed by atoms with E-state index in [9.17, 15) is 0 Å². The zero-order valence-corrected chi connectivity index (χ0v) is 12.9. The number of halogens is 1. The van der Waals surface area contributed by atoms with E-state index in [-0.39, 0.29) is 0 Å². The first-order valence-corrected chi connectivity index (χ1v) is 7.07. The first kappa shape index (κ1) is 15.5. The average molecular weight is 316 g/mol. The smallest absolute Gasteiger partial charge is 0.123 e. The van der Waals surface area contributed by atoms with Crippen LogP contribution in [0.5, 0.6) is 5.75 Å². The molecule has 0 saturated heterocycles. The van der Waals surface area contributed by atoms with Crippen LogP contribution in [-0.4, -0.2) is 26.4 Å². The minimum absolute atomic E-state index is 0.315. The second-order valence-electron chi connectivity index (χ2n) is 4.41. The molecule has 18 heavy (non-hydrogen) atoms. The van der Waals surface area contributed by atoms with Crippen LogP contribution in [0.4, 0.5) is 0 Å². The Kier molecular flexibility index (Phi) is 7.32. The van der Waals surface area contributed by atoms with Gasteiger partial charge in [-0.2, -0.15) is 0 Å². The predicted molar refractivity (Wildman–Crippen MR) is 78.1 cm³/mol. The summed E-state index contributed by atoms with van der Waals surface area (Å²) in [5.41, 5.74) is 1.16. The lowest BCUT2D eigenvalue weighted by molar-refractivity contribution is 0.0770. The summed E-state index contributed by atoms with van der Waals surface area (Å²) in [4.78, 5) is 0. The molecule has 1 aromatic rings. The molecule has 0 saturated carbocycles. The molecular weight excluding hydrogens is 294 g/mol. The molecule has 1 aromatic carbocycles. The monoisotopic (exact) mass is 315 g/mol. The van der Waals surface area contributed by atoms with Gasteiger partial charge in [-0.3, -0.25) is 0 Å². The van der Waals surface area contributed by atoms with Crippen molar-refractivity contribution in [1.82, 2.24) is 5.32 Å². The van der Waals surface area contributed by atoms with E-state index < -0.39 is 0 Å². The fourth-order valence-corrected chi connectivity index (χ4v) is 2.03. The molecule has 0 aliphatic carbocycles. The van der Waals surface area contributed by atoms with E-state index in [1.165, 1.54) is 0 Å². The van der Waals surface area contributed by atoms with Crippen LogP contribution < -0.4 is 10.1 Å². The van der Waals surface area contributed by atoms with Crippen molar-refractivity contribution in [2.45, 2.75) is 32.9 Å². The first-order chi connectivity index (χ1) is 8.63. The van der Waals surface area contributed by atoms with Gasteiger partial charge < -0.3 is 14.8 Å². The molecule has 1 N–H and O–H groups in total. The second-order valence-corrected chi connectivity index (χ2v) is 5.32. The molecule has 0 bridgehead atoms. The van der Waals surface area contributed by atoms with E-state index >= 15 is 0 Å². The summed E-state index contributed by atoms with van der Waals surface area (Å²) in [5, 5.41) is 3.40. The van der Waals surface area contributed by atoms with Gasteiger partial charge in [0, 0.05) is 23.2 Å². The van der Waals surface area contributed by atoms with Gasteiger partial charge in [-0.25, -0.2) is 0 Å². The molecule has 0 radical (unpaired) electrons. The van der Waals surface area contributed by atoms with Crippen LogP contribution in [0.15, 0.2) is 22.7 Å². The number of rotatable bonds is 8. The zero-order chi connectivity index (χ0) is 13.4. The number of hydrogen-bond acceptors (Lipinski definition) is 3. The van der Waals surface area contributed by atoms with Crippen LogP contribution in [0.1, 0.15) is 25.8 Å². The van der Waals surface area contributed by atoms with Crippen LogP contribution in [0, 0.1) is 0 Å². The molecule has 0 spiro atoms.